The summed E-state index contributed by atoms with van der Waals surface area (Å²) in [6.07, 6.45) is 3.49. The summed E-state index contributed by atoms with van der Waals surface area (Å²) in [5, 5.41) is 9.04. The van der Waals surface area contributed by atoms with Crippen molar-refractivity contribution in [1.82, 2.24) is 15.1 Å². The number of aromatic nitrogens is 2. The van der Waals surface area contributed by atoms with E-state index in [1.165, 1.54) is 0 Å². The van der Waals surface area contributed by atoms with E-state index in [4.69, 9.17) is 0 Å². The molecule has 0 atom stereocenters. The topological polar surface area (TPSA) is 76.0 Å². The molecule has 2 rings (SSSR count). The first-order valence-corrected chi connectivity index (χ1v) is 7.55. The molecule has 24 heavy (non-hydrogen) atoms. The van der Waals surface area contributed by atoms with Crippen LogP contribution in [0.25, 0.3) is 0 Å². The van der Waals surface area contributed by atoms with E-state index in [1.54, 1.807) is 16.9 Å². The minimum Gasteiger partial charge on any atom is -0.343 e. The number of nitrogens with zero attached hydrogens (tertiary/aromatic N) is 2. The number of rotatable bonds is 7. The number of hydrogen-bond acceptors (Lipinski definition) is 3. The molecule has 6 nitrogen and oxygen atoms in total. The minimum atomic E-state index is -0.857. The van der Waals surface area contributed by atoms with Crippen molar-refractivity contribution in [2.75, 3.05) is 11.9 Å². The van der Waals surface area contributed by atoms with E-state index in [1.807, 2.05) is 6.92 Å². The van der Waals surface area contributed by atoms with Gasteiger partial charge in [0.05, 0.1) is 12.7 Å². The highest BCUT2D eigenvalue weighted by molar-refractivity contribution is 5.99. The summed E-state index contributed by atoms with van der Waals surface area (Å²) in [6, 6.07) is 4.12. The molecule has 8 heteroatoms. The Morgan fingerprint density at radius 3 is 2.58 bits per heavy atom. The van der Waals surface area contributed by atoms with Crippen LogP contribution in [-0.4, -0.2) is 28.1 Å². The Kier molecular flexibility index (Phi) is 6.00. The number of hydrogen-bond donors (Lipinski definition) is 2. The van der Waals surface area contributed by atoms with Gasteiger partial charge < -0.3 is 10.6 Å². The smallest absolute Gasteiger partial charge is 0.251 e. The van der Waals surface area contributed by atoms with Crippen LogP contribution < -0.4 is 10.6 Å². The van der Waals surface area contributed by atoms with Gasteiger partial charge in [0.1, 0.15) is 17.5 Å². The molecule has 0 unspecified atom stereocenters. The van der Waals surface area contributed by atoms with Gasteiger partial charge in [0.25, 0.3) is 5.91 Å². The first kappa shape index (κ1) is 17.6. The molecule has 0 saturated carbocycles. The first-order chi connectivity index (χ1) is 11.5. The van der Waals surface area contributed by atoms with Crippen LogP contribution in [0.1, 0.15) is 30.1 Å². The molecule has 0 saturated heterocycles. The Morgan fingerprint density at radius 2 is 1.92 bits per heavy atom. The molecular formula is C16H18F2N4O2. The fraction of sp³-hybridized carbons (Fsp3) is 0.312. The molecule has 2 aromatic rings. The highest BCUT2D eigenvalue weighted by Crippen LogP contribution is 2.09. The van der Waals surface area contributed by atoms with Crippen LogP contribution in [-0.2, 0) is 11.3 Å². The number of benzene rings is 1. The van der Waals surface area contributed by atoms with Gasteiger partial charge in [0.2, 0.25) is 5.91 Å². The summed E-state index contributed by atoms with van der Waals surface area (Å²) in [5.74, 6) is -2.38. The molecule has 0 aliphatic rings. The van der Waals surface area contributed by atoms with Gasteiger partial charge in [-0.25, -0.2) is 13.5 Å². The lowest BCUT2D eigenvalue weighted by Gasteiger charge is -2.09. The summed E-state index contributed by atoms with van der Waals surface area (Å²) in [4.78, 5) is 23.7. The highest BCUT2D eigenvalue weighted by atomic mass is 19.1. The number of nitrogens with one attached hydrogen (secondary N) is 2. The molecule has 0 spiro atoms. The number of carbonyl (C=O) groups is 2. The van der Waals surface area contributed by atoms with E-state index < -0.39 is 23.4 Å². The zero-order valence-corrected chi connectivity index (χ0v) is 13.2. The van der Waals surface area contributed by atoms with Gasteiger partial charge in [0, 0.05) is 24.2 Å². The van der Waals surface area contributed by atoms with E-state index >= 15 is 0 Å². The van der Waals surface area contributed by atoms with E-state index in [0.717, 1.165) is 25.0 Å². The SMILES string of the molecule is CCCCn1nccc1NC(=O)CNC(=O)c1cc(F)cc(F)c1. The molecule has 128 valence electrons. The fourth-order valence-corrected chi connectivity index (χ4v) is 2.06. The lowest BCUT2D eigenvalue weighted by molar-refractivity contribution is -0.115. The van der Waals surface area contributed by atoms with Gasteiger partial charge in [-0.05, 0) is 18.6 Å². The zero-order chi connectivity index (χ0) is 17.5. The molecule has 0 bridgehead atoms. The maximum absolute atomic E-state index is 13.1. The second-order valence-electron chi connectivity index (χ2n) is 5.18. The van der Waals surface area contributed by atoms with Crippen molar-refractivity contribution in [2.45, 2.75) is 26.3 Å². The summed E-state index contributed by atoms with van der Waals surface area (Å²) >= 11 is 0. The normalized spacial score (nSPS) is 10.5. The molecule has 1 aromatic carbocycles. The van der Waals surface area contributed by atoms with Crippen LogP contribution in [0.5, 0.6) is 0 Å². The number of amides is 2. The zero-order valence-electron chi connectivity index (χ0n) is 13.2. The Morgan fingerprint density at radius 1 is 1.21 bits per heavy atom. The third-order valence-corrected chi connectivity index (χ3v) is 3.24. The largest absolute Gasteiger partial charge is 0.343 e. The summed E-state index contributed by atoms with van der Waals surface area (Å²) < 4.78 is 27.8. The average Bonchev–Trinajstić information content (AvgIpc) is 2.96. The van der Waals surface area contributed by atoms with Crippen LogP contribution in [0.4, 0.5) is 14.6 Å². The predicted molar refractivity (Wildman–Crippen MR) is 84.5 cm³/mol. The quantitative estimate of drug-likeness (QED) is 0.815. The molecule has 1 heterocycles. The maximum Gasteiger partial charge on any atom is 0.251 e. The van der Waals surface area contributed by atoms with Gasteiger partial charge in [-0.1, -0.05) is 13.3 Å². The standard InChI is InChI=1S/C16H18F2N4O2/c1-2-3-6-22-14(4-5-20-22)21-15(23)10-19-16(24)11-7-12(17)9-13(18)8-11/h4-5,7-9H,2-3,6,10H2,1H3,(H,19,24)(H,21,23). The predicted octanol–water partition coefficient (Wildman–Crippen LogP) is 2.33. The number of carbonyl (C=O) groups excluding carboxylic acids is 2. The molecule has 2 amide bonds. The third-order valence-electron chi connectivity index (χ3n) is 3.24. The maximum atomic E-state index is 13.1. The van der Waals surface area contributed by atoms with Crippen LogP contribution in [0.15, 0.2) is 30.5 Å². The third kappa shape index (κ3) is 4.87. The van der Waals surface area contributed by atoms with Crippen LogP contribution in [0.3, 0.4) is 0 Å². The van der Waals surface area contributed by atoms with Gasteiger partial charge in [0.15, 0.2) is 0 Å². The number of unbranched alkanes of at least 4 members (excludes halogenated alkanes) is 1. The van der Waals surface area contributed by atoms with E-state index in [2.05, 4.69) is 15.7 Å². The summed E-state index contributed by atoms with van der Waals surface area (Å²) in [7, 11) is 0. The minimum absolute atomic E-state index is 0.187. The summed E-state index contributed by atoms with van der Waals surface area (Å²) in [6.45, 7) is 2.40. The Hall–Kier alpha value is -2.77. The Bertz CT molecular complexity index is 710. The Labute approximate surface area is 137 Å². The molecule has 0 radical (unpaired) electrons. The lowest BCUT2D eigenvalue weighted by atomic mass is 10.2. The number of aryl methyl sites for hydroxylation is 1. The van der Waals surface area contributed by atoms with E-state index in [-0.39, 0.29) is 12.1 Å². The van der Waals surface area contributed by atoms with Crippen LogP contribution in [0.2, 0.25) is 0 Å². The van der Waals surface area contributed by atoms with E-state index in [9.17, 15) is 18.4 Å². The van der Waals surface area contributed by atoms with Crippen LogP contribution >= 0.6 is 0 Å². The molecule has 0 fully saturated rings. The van der Waals surface area contributed by atoms with E-state index in [0.29, 0.717) is 18.4 Å². The second-order valence-corrected chi connectivity index (χ2v) is 5.18. The Balaban J connectivity index is 1.89. The van der Waals surface area contributed by atoms with Crippen molar-refractivity contribution in [2.24, 2.45) is 0 Å². The monoisotopic (exact) mass is 336 g/mol. The first-order valence-electron chi connectivity index (χ1n) is 7.55. The van der Waals surface area contributed by atoms with Crippen molar-refractivity contribution in [1.29, 1.82) is 0 Å². The average molecular weight is 336 g/mol. The summed E-state index contributed by atoms with van der Waals surface area (Å²) in [5.41, 5.74) is -0.187. The second kappa shape index (κ2) is 8.19. The fourth-order valence-electron chi connectivity index (χ4n) is 2.06. The van der Waals surface area contributed by atoms with Crippen molar-refractivity contribution >= 4 is 17.6 Å². The molecule has 0 aliphatic carbocycles. The molecular weight excluding hydrogens is 318 g/mol. The van der Waals surface area contributed by atoms with Crippen molar-refractivity contribution in [3.8, 4) is 0 Å². The van der Waals surface area contributed by atoms with Crippen molar-refractivity contribution in [3.05, 3.63) is 47.7 Å². The van der Waals surface area contributed by atoms with Crippen LogP contribution in [0, 0.1) is 11.6 Å². The van der Waals surface area contributed by atoms with Gasteiger partial charge >= 0.3 is 0 Å². The lowest BCUT2D eigenvalue weighted by Crippen LogP contribution is -2.33. The number of halogens is 2. The molecule has 1 aromatic heterocycles. The van der Waals surface area contributed by atoms with Crippen molar-refractivity contribution < 1.29 is 18.4 Å². The van der Waals surface area contributed by atoms with Gasteiger partial charge in [-0.15, -0.1) is 0 Å². The van der Waals surface area contributed by atoms with Gasteiger partial charge in [-0.3, -0.25) is 9.59 Å². The molecule has 0 aliphatic heterocycles. The highest BCUT2D eigenvalue weighted by Gasteiger charge is 2.12. The number of anilines is 1. The van der Waals surface area contributed by atoms with Crippen molar-refractivity contribution in [3.63, 3.8) is 0 Å². The van der Waals surface area contributed by atoms with Gasteiger partial charge in [-0.2, -0.15) is 5.10 Å². The molecule has 2 N–H and O–H groups in total.